The van der Waals surface area contributed by atoms with Crippen LogP contribution in [-0.4, -0.2) is 48.8 Å². The van der Waals surface area contributed by atoms with Gasteiger partial charge in [0, 0.05) is 14.4 Å². The molecule has 0 saturated carbocycles. The number of halogens is 8. The summed E-state index contributed by atoms with van der Waals surface area (Å²) in [5, 5.41) is 21.1. The van der Waals surface area contributed by atoms with Gasteiger partial charge in [-0.2, -0.15) is 0 Å². The predicted octanol–water partition coefficient (Wildman–Crippen LogP) is 11.7. The molecule has 4 rings (SSSR count). The second kappa shape index (κ2) is 17.9. The molecule has 0 heterocycles. The van der Waals surface area contributed by atoms with Crippen LogP contribution in [0.2, 0.25) is 0 Å². The average molecular weight is 1160 g/mol. The Bertz CT molecular complexity index is 1550. The van der Waals surface area contributed by atoms with Crippen molar-refractivity contribution in [1.29, 1.82) is 0 Å². The normalized spacial score (nSPS) is 12.9. The van der Waals surface area contributed by atoms with E-state index in [2.05, 4.69) is 141 Å². The molecule has 47 heavy (non-hydrogen) atoms. The molecule has 0 radical (unpaired) electrons. The Morgan fingerprint density at radius 3 is 1.15 bits per heavy atom. The first-order valence-corrected chi connectivity index (χ1v) is 20.3. The lowest BCUT2D eigenvalue weighted by atomic mass is 9.78. The molecule has 0 aromatic heterocycles. The summed E-state index contributed by atoms with van der Waals surface area (Å²) in [4.78, 5) is 0. The molecule has 2 N–H and O–H groups in total. The number of aliphatic hydroxyl groups is 2. The van der Waals surface area contributed by atoms with E-state index in [0.29, 0.717) is 23.0 Å². The van der Waals surface area contributed by atoms with Crippen LogP contribution in [0.25, 0.3) is 0 Å². The minimum atomic E-state index is -0.853. The van der Waals surface area contributed by atoms with Gasteiger partial charge in [-0.1, -0.05) is 45.7 Å². The lowest BCUT2D eigenvalue weighted by molar-refractivity contribution is 0.0618. The highest BCUT2D eigenvalue weighted by Crippen LogP contribution is 2.44. The van der Waals surface area contributed by atoms with Crippen molar-refractivity contribution in [2.75, 3.05) is 26.4 Å². The largest absolute Gasteiger partial charge is 0.490 e. The van der Waals surface area contributed by atoms with Crippen molar-refractivity contribution in [3.63, 3.8) is 0 Å². The standard InChI is InChI=1S/C33H28Br8O6/c1-33(2,17-7-25(38)31(26(39)8-17)46-15-21(42)13-44-29-11-19(34)3-5-23(29)36)18-9-27(40)32(28(41)10-18)47-16-22(43)14-45-30-12-20(35)4-6-24(30)37/h3-12,21-22,42-43H,13-16H2,1-2H3. The fourth-order valence-electron chi connectivity index (χ4n) is 4.29. The Morgan fingerprint density at radius 1 is 0.489 bits per heavy atom. The van der Waals surface area contributed by atoms with E-state index >= 15 is 0 Å². The first-order chi connectivity index (χ1) is 22.1. The van der Waals surface area contributed by atoms with E-state index < -0.39 is 17.6 Å². The lowest BCUT2D eigenvalue weighted by Crippen LogP contribution is -2.25. The molecule has 0 aliphatic heterocycles. The van der Waals surface area contributed by atoms with Gasteiger partial charge in [-0.25, -0.2) is 0 Å². The van der Waals surface area contributed by atoms with E-state index in [9.17, 15) is 10.2 Å². The quantitative estimate of drug-likeness (QED) is 0.131. The summed E-state index contributed by atoms with van der Waals surface area (Å²) >= 11 is 28.4. The zero-order valence-corrected chi connectivity index (χ0v) is 37.5. The number of hydrogen-bond acceptors (Lipinski definition) is 6. The van der Waals surface area contributed by atoms with E-state index in [1.807, 2.05) is 60.7 Å². The van der Waals surface area contributed by atoms with E-state index in [1.54, 1.807) is 0 Å². The van der Waals surface area contributed by atoms with Crippen LogP contribution in [0, 0.1) is 0 Å². The minimum Gasteiger partial charge on any atom is -0.490 e. The van der Waals surface area contributed by atoms with Crippen molar-refractivity contribution < 1.29 is 29.2 Å². The molecule has 0 aliphatic rings. The third kappa shape index (κ3) is 10.9. The summed E-state index contributed by atoms with van der Waals surface area (Å²) in [6.45, 7) is 4.45. The van der Waals surface area contributed by atoms with Gasteiger partial charge in [0.1, 0.15) is 61.6 Å². The maximum atomic E-state index is 10.5. The molecule has 252 valence electrons. The molecule has 0 amide bonds. The van der Waals surface area contributed by atoms with Crippen molar-refractivity contribution in [2.24, 2.45) is 0 Å². The third-order valence-corrected chi connectivity index (χ3v) is 11.6. The molecular weight excluding hydrogens is 1130 g/mol. The molecule has 0 aliphatic carbocycles. The van der Waals surface area contributed by atoms with Gasteiger partial charge in [0.2, 0.25) is 0 Å². The summed E-state index contributed by atoms with van der Waals surface area (Å²) in [5.74, 6) is 2.40. The minimum absolute atomic E-state index is 0.0370. The SMILES string of the molecule is CC(C)(c1cc(Br)c(OCC(O)COc2cc(Br)ccc2Br)c(Br)c1)c1cc(Br)c(OCC(O)COc2cc(Br)ccc2Br)c(Br)c1. The Balaban J connectivity index is 1.38. The van der Waals surface area contributed by atoms with Crippen LogP contribution in [0.15, 0.2) is 96.4 Å². The molecule has 2 unspecified atom stereocenters. The maximum Gasteiger partial charge on any atom is 0.147 e. The molecule has 0 saturated heterocycles. The van der Waals surface area contributed by atoms with E-state index in [1.165, 1.54) is 0 Å². The topological polar surface area (TPSA) is 77.4 Å². The maximum absolute atomic E-state index is 10.5. The zero-order chi connectivity index (χ0) is 34.5. The van der Waals surface area contributed by atoms with Crippen LogP contribution in [-0.2, 0) is 5.41 Å². The van der Waals surface area contributed by atoms with E-state index in [-0.39, 0.29) is 26.4 Å². The Kier molecular flexibility index (Phi) is 15.1. The van der Waals surface area contributed by atoms with Crippen LogP contribution >= 0.6 is 127 Å². The van der Waals surface area contributed by atoms with Crippen molar-refractivity contribution in [1.82, 2.24) is 0 Å². The van der Waals surface area contributed by atoms with Crippen LogP contribution in [0.4, 0.5) is 0 Å². The first kappa shape index (κ1) is 39.6. The van der Waals surface area contributed by atoms with Gasteiger partial charge in [0.15, 0.2) is 0 Å². The summed E-state index contributed by atoms with van der Waals surface area (Å²) in [5.41, 5.74) is 1.61. The van der Waals surface area contributed by atoms with Crippen molar-refractivity contribution >= 4 is 127 Å². The number of hydrogen-bond donors (Lipinski definition) is 2. The predicted molar refractivity (Wildman–Crippen MR) is 213 cm³/mol. The fraction of sp³-hybridized carbons (Fsp3) is 0.273. The smallest absolute Gasteiger partial charge is 0.147 e. The second-order valence-electron chi connectivity index (χ2n) is 10.9. The van der Waals surface area contributed by atoms with Crippen molar-refractivity contribution in [2.45, 2.75) is 31.5 Å². The molecular formula is C33H28Br8O6. The van der Waals surface area contributed by atoms with Crippen LogP contribution < -0.4 is 18.9 Å². The summed E-state index contributed by atoms with van der Waals surface area (Å²) in [7, 11) is 0. The van der Waals surface area contributed by atoms with Gasteiger partial charge in [0.05, 0.1) is 26.8 Å². The van der Waals surface area contributed by atoms with Crippen LogP contribution in [0.5, 0.6) is 23.0 Å². The highest BCUT2D eigenvalue weighted by Gasteiger charge is 2.28. The van der Waals surface area contributed by atoms with Crippen LogP contribution in [0.1, 0.15) is 25.0 Å². The van der Waals surface area contributed by atoms with Gasteiger partial charge >= 0.3 is 0 Å². The highest BCUT2D eigenvalue weighted by atomic mass is 79.9. The Labute approximate surface area is 341 Å². The van der Waals surface area contributed by atoms with E-state index in [0.717, 1.165) is 46.9 Å². The Morgan fingerprint density at radius 2 is 0.809 bits per heavy atom. The molecule has 0 spiro atoms. The van der Waals surface area contributed by atoms with E-state index in [4.69, 9.17) is 18.9 Å². The zero-order valence-electron chi connectivity index (χ0n) is 24.8. The summed E-state index contributed by atoms with van der Waals surface area (Å²) in [6, 6.07) is 19.2. The van der Waals surface area contributed by atoms with Crippen molar-refractivity contribution in [3.8, 4) is 23.0 Å². The molecule has 4 aromatic carbocycles. The van der Waals surface area contributed by atoms with Gasteiger partial charge in [-0.3, -0.25) is 0 Å². The van der Waals surface area contributed by atoms with Gasteiger partial charge in [0.25, 0.3) is 0 Å². The number of rotatable bonds is 14. The van der Waals surface area contributed by atoms with Crippen molar-refractivity contribution in [3.05, 3.63) is 108 Å². The molecule has 14 heteroatoms. The number of benzene rings is 4. The monoisotopic (exact) mass is 1150 g/mol. The first-order valence-electron chi connectivity index (χ1n) is 13.9. The van der Waals surface area contributed by atoms with Gasteiger partial charge < -0.3 is 29.2 Å². The summed E-state index contributed by atoms with van der Waals surface area (Å²) < 4.78 is 29.8. The lowest BCUT2D eigenvalue weighted by Gasteiger charge is -2.28. The molecule has 0 fully saturated rings. The van der Waals surface area contributed by atoms with Crippen LogP contribution in [0.3, 0.4) is 0 Å². The summed E-state index contributed by atoms with van der Waals surface area (Å²) in [6.07, 6.45) is -1.71. The molecule has 4 aromatic rings. The number of aliphatic hydroxyl groups excluding tert-OH is 2. The fourth-order valence-corrected chi connectivity index (χ4v) is 8.52. The Hall–Kier alpha value is -0.160. The number of ether oxygens (including phenoxy) is 4. The highest BCUT2D eigenvalue weighted by molar-refractivity contribution is 9.12. The molecule has 2 atom stereocenters. The molecule has 6 nitrogen and oxygen atoms in total. The second-order valence-corrected chi connectivity index (χ2v) is 17.8. The van der Waals surface area contributed by atoms with Gasteiger partial charge in [-0.15, -0.1) is 0 Å². The van der Waals surface area contributed by atoms with Gasteiger partial charge in [-0.05, 0) is 167 Å². The average Bonchev–Trinajstić information content (AvgIpc) is 3.00. The molecule has 0 bridgehead atoms. The third-order valence-electron chi connectivity index (χ3n) is 6.93.